The fraction of sp³-hybridized carbons (Fsp3) is 0.423. The van der Waals surface area contributed by atoms with Gasteiger partial charge in [-0.05, 0) is 75.9 Å². The molecule has 4 nitrogen and oxygen atoms in total. The van der Waals surface area contributed by atoms with Gasteiger partial charge in [0.15, 0.2) is 6.04 Å². The zero-order valence-electron chi connectivity index (χ0n) is 19.0. The van der Waals surface area contributed by atoms with Crippen molar-refractivity contribution >= 4 is 30.1 Å². The minimum absolute atomic E-state index is 0.213. The monoisotopic (exact) mass is 435 g/mol. The number of thiol groups is 1. The van der Waals surface area contributed by atoms with E-state index in [1.54, 1.807) is 0 Å². The number of ether oxygens (including phenoxy) is 1. The Kier molecular flexibility index (Phi) is 7.23. The van der Waals surface area contributed by atoms with Crippen LogP contribution in [0.2, 0.25) is 0 Å². The molecule has 1 aliphatic rings. The molecule has 31 heavy (non-hydrogen) atoms. The Bertz CT molecular complexity index is 1060. The molecule has 3 rings (SSSR count). The lowest BCUT2D eigenvalue weighted by Crippen LogP contribution is -2.45. The van der Waals surface area contributed by atoms with Crippen molar-refractivity contribution < 1.29 is 14.1 Å². The molecular weight excluding hydrogens is 404 g/mol. The number of unbranched alkanes of at least 4 members (excludes halogenated alkanes) is 1. The lowest BCUT2D eigenvalue weighted by atomic mass is 9.82. The third-order valence-corrected chi connectivity index (χ3v) is 6.16. The molecule has 1 atom stereocenters. The van der Waals surface area contributed by atoms with E-state index in [4.69, 9.17) is 9.73 Å². The van der Waals surface area contributed by atoms with Crippen LogP contribution in [0.5, 0.6) is 0 Å². The fourth-order valence-corrected chi connectivity index (χ4v) is 3.83. The predicted octanol–water partition coefficient (Wildman–Crippen LogP) is 5.34. The van der Waals surface area contributed by atoms with Crippen molar-refractivity contribution in [3.05, 3.63) is 53.2 Å². The van der Waals surface area contributed by atoms with Crippen molar-refractivity contribution in [2.45, 2.75) is 70.2 Å². The first-order valence-electron chi connectivity index (χ1n) is 10.9. The first-order valence-corrected chi connectivity index (χ1v) is 11.4. The molecule has 5 heteroatoms. The number of esters is 1. The van der Waals surface area contributed by atoms with Gasteiger partial charge in [-0.3, -0.25) is 0 Å². The molecule has 1 aliphatic heterocycles. The predicted molar refractivity (Wildman–Crippen MR) is 127 cm³/mol. The van der Waals surface area contributed by atoms with E-state index in [2.05, 4.69) is 51.3 Å². The molecule has 0 saturated carbocycles. The highest BCUT2D eigenvalue weighted by Gasteiger charge is 2.43. The van der Waals surface area contributed by atoms with Gasteiger partial charge in [0.2, 0.25) is 0 Å². The van der Waals surface area contributed by atoms with E-state index in [1.165, 1.54) is 0 Å². The van der Waals surface area contributed by atoms with Gasteiger partial charge in [-0.15, -0.1) is 12.6 Å². The van der Waals surface area contributed by atoms with Crippen LogP contribution in [0.3, 0.4) is 0 Å². The average Bonchev–Trinajstić information content (AvgIpc) is 2.97. The van der Waals surface area contributed by atoms with Crippen LogP contribution < -0.4 is 4.57 Å². The zero-order valence-corrected chi connectivity index (χ0v) is 19.9. The summed E-state index contributed by atoms with van der Waals surface area (Å²) in [4.78, 5) is 18.6. The van der Waals surface area contributed by atoms with Gasteiger partial charge in [-0.25, -0.2) is 9.36 Å². The number of hydrogen-bond acceptors (Lipinski definition) is 4. The Morgan fingerprint density at radius 2 is 1.87 bits per heavy atom. The van der Waals surface area contributed by atoms with Crippen LogP contribution in [0.15, 0.2) is 46.4 Å². The molecule has 0 fully saturated rings. The van der Waals surface area contributed by atoms with Crippen molar-refractivity contribution in [3.63, 3.8) is 0 Å². The molecule has 0 bridgehead atoms. The van der Waals surface area contributed by atoms with Gasteiger partial charge in [0.1, 0.15) is 11.9 Å². The third-order valence-electron chi connectivity index (χ3n) is 5.86. The van der Waals surface area contributed by atoms with Gasteiger partial charge in [-0.1, -0.05) is 25.2 Å². The molecule has 2 aromatic rings. The number of benzene rings is 1. The summed E-state index contributed by atoms with van der Waals surface area (Å²) in [5.41, 5.74) is 3.69. The van der Waals surface area contributed by atoms with E-state index in [9.17, 15) is 4.79 Å². The lowest BCUT2D eigenvalue weighted by molar-refractivity contribution is -0.699. The van der Waals surface area contributed by atoms with Gasteiger partial charge in [-0.2, -0.15) is 0 Å². The second-order valence-corrected chi connectivity index (χ2v) is 8.92. The van der Waals surface area contributed by atoms with Crippen LogP contribution in [0.25, 0.3) is 0 Å². The second-order valence-electron chi connectivity index (χ2n) is 8.40. The van der Waals surface area contributed by atoms with E-state index in [-0.39, 0.29) is 11.4 Å². The summed E-state index contributed by atoms with van der Waals surface area (Å²) in [6, 6.07) is 9.46. The van der Waals surface area contributed by atoms with Crippen LogP contribution >= 0.6 is 12.6 Å². The highest BCUT2D eigenvalue weighted by Crippen LogP contribution is 2.39. The summed E-state index contributed by atoms with van der Waals surface area (Å²) in [6.45, 7) is 10.7. The number of pyridine rings is 1. The van der Waals surface area contributed by atoms with Crippen molar-refractivity contribution in [2.75, 3.05) is 6.61 Å². The largest absolute Gasteiger partial charge is 0.463 e. The van der Waals surface area contributed by atoms with Crippen LogP contribution in [-0.2, 0) is 14.9 Å². The summed E-state index contributed by atoms with van der Waals surface area (Å²) in [5.74, 6) is 7.14. The Morgan fingerprint density at radius 3 is 2.52 bits per heavy atom. The van der Waals surface area contributed by atoms with Crippen LogP contribution in [-0.4, -0.2) is 18.3 Å². The van der Waals surface area contributed by atoms with Crippen molar-refractivity contribution in [2.24, 2.45) is 4.99 Å². The molecule has 1 aromatic carbocycles. The van der Waals surface area contributed by atoms with Gasteiger partial charge < -0.3 is 4.74 Å². The number of aliphatic imine (C=N–C) groups is 1. The highest BCUT2D eigenvalue weighted by atomic mass is 32.1. The molecule has 162 valence electrons. The molecule has 0 aliphatic carbocycles. The summed E-state index contributed by atoms with van der Waals surface area (Å²) in [6.07, 6.45) is 4.60. The topological polar surface area (TPSA) is 42.5 Å². The normalized spacial score (nSPS) is 14.8. The Hall–Kier alpha value is -2.58. The quantitative estimate of drug-likeness (QED) is 0.288. The van der Waals surface area contributed by atoms with Crippen molar-refractivity contribution in [3.8, 4) is 11.8 Å². The Labute approximate surface area is 191 Å². The van der Waals surface area contributed by atoms with Crippen molar-refractivity contribution in [1.29, 1.82) is 0 Å². The molecular formula is C26H31N2O2S+. The molecule has 2 heterocycles. The maximum atomic E-state index is 12.9. The standard InChI is InChI=1S/C26H30N2O2S/c1-6-8-9-23(25(29)30-7-2)28-17-20(11-10-19-12-14-21(31)15-13-19)16-22-24(28)27-18(3)26(22,4)5/h12-17,23H,6-9H2,1-5H3/p+1. The van der Waals surface area contributed by atoms with Gasteiger partial charge >= 0.3 is 11.8 Å². The highest BCUT2D eigenvalue weighted by molar-refractivity contribution is 7.80. The SMILES string of the molecule is CCCCC(C(=O)OCC)[n+]1cc(C#Cc2ccc(S)cc2)cc2c1N=C(C)C2(C)C. The van der Waals surface area contributed by atoms with Gasteiger partial charge in [0, 0.05) is 10.5 Å². The number of nitrogens with zero attached hydrogens (tertiary/aromatic N) is 2. The molecule has 0 saturated heterocycles. The Morgan fingerprint density at radius 1 is 1.19 bits per heavy atom. The minimum Gasteiger partial charge on any atom is -0.463 e. The molecule has 0 radical (unpaired) electrons. The number of rotatable bonds is 6. The molecule has 0 N–H and O–H groups in total. The number of aromatic nitrogens is 1. The number of fused-ring (bicyclic) bond motifs is 1. The lowest BCUT2D eigenvalue weighted by Gasteiger charge is -2.19. The first kappa shape index (κ1) is 23.1. The first-order chi connectivity index (χ1) is 14.8. The van der Waals surface area contributed by atoms with E-state index in [0.717, 1.165) is 46.0 Å². The van der Waals surface area contributed by atoms with E-state index < -0.39 is 6.04 Å². The van der Waals surface area contributed by atoms with Crippen molar-refractivity contribution in [1.82, 2.24) is 0 Å². The average molecular weight is 436 g/mol. The van der Waals surface area contributed by atoms with E-state index in [1.807, 2.05) is 48.9 Å². The smallest absolute Gasteiger partial charge is 0.351 e. The summed E-state index contributed by atoms with van der Waals surface area (Å²) in [5, 5.41) is 0. The molecule has 0 amide bonds. The molecule has 1 unspecified atom stereocenters. The minimum atomic E-state index is -0.413. The summed E-state index contributed by atoms with van der Waals surface area (Å²) < 4.78 is 7.41. The van der Waals surface area contributed by atoms with Crippen LogP contribution in [0.1, 0.15) is 76.6 Å². The van der Waals surface area contributed by atoms with E-state index >= 15 is 0 Å². The fourth-order valence-electron chi connectivity index (χ4n) is 3.68. The number of carbonyl (C=O) groups excluding carboxylic acids is 1. The van der Waals surface area contributed by atoms with Gasteiger partial charge in [0.05, 0.1) is 23.1 Å². The van der Waals surface area contributed by atoms with Gasteiger partial charge in [0.25, 0.3) is 0 Å². The zero-order chi connectivity index (χ0) is 22.6. The Balaban J connectivity index is 2.13. The number of carbonyl (C=O) groups is 1. The molecule has 0 spiro atoms. The maximum absolute atomic E-state index is 12.9. The third kappa shape index (κ3) is 5.02. The second kappa shape index (κ2) is 9.70. The van der Waals surface area contributed by atoms with Crippen LogP contribution in [0, 0.1) is 11.8 Å². The van der Waals surface area contributed by atoms with Crippen LogP contribution in [0.4, 0.5) is 5.82 Å². The van der Waals surface area contributed by atoms with E-state index in [0.29, 0.717) is 13.0 Å². The summed E-state index contributed by atoms with van der Waals surface area (Å²) >= 11 is 4.33. The maximum Gasteiger partial charge on any atom is 0.351 e. The summed E-state index contributed by atoms with van der Waals surface area (Å²) in [7, 11) is 0. The number of hydrogen-bond donors (Lipinski definition) is 1. The molecule has 1 aromatic heterocycles.